The van der Waals surface area contributed by atoms with E-state index in [1.165, 1.54) is 11.3 Å². The highest BCUT2D eigenvalue weighted by molar-refractivity contribution is 7.91. The Hall–Kier alpha value is -1.77. The van der Waals surface area contributed by atoms with Crippen molar-refractivity contribution in [2.24, 2.45) is 0 Å². The quantitative estimate of drug-likeness (QED) is 0.789. The number of aromatic nitrogens is 3. The summed E-state index contributed by atoms with van der Waals surface area (Å²) in [4.78, 5) is 4.60. The highest BCUT2D eigenvalue weighted by atomic mass is 32.2. The number of thiophene rings is 1. The lowest BCUT2D eigenvalue weighted by atomic mass is 9.95. The first-order chi connectivity index (χ1) is 11.1. The van der Waals surface area contributed by atoms with Crippen LogP contribution in [0.1, 0.15) is 24.5 Å². The fraction of sp³-hybridized carbons (Fsp3) is 0.333. The number of nitrogens with one attached hydrogen (secondary N) is 1. The van der Waals surface area contributed by atoms with E-state index in [4.69, 9.17) is 0 Å². The van der Waals surface area contributed by atoms with Crippen LogP contribution in [0.15, 0.2) is 40.1 Å². The van der Waals surface area contributed by atoms with E-state index in [0.717, 1.165) is 29.6 Å². The average Bonchev–Trinajstić information content (AvgIpc) is 3.26. The van der Waals surface area contributed by atoms with Gasteiger partial charge in [-0.3, -0.25) is 5.10 Å². The molecule has 6 nitrogen and oxygen atoms in total. The van der Waals surface area contributed by atoms with Gasteiger partial charge in [-0.25, -0.2) is 13.4 Å². The van der Waals surface area contributed by atoms with Gasteiger partial charge in [-0.2, -0.15) is 9.40 Å². The molecule has 1 atom stereocenters. The zero-order valence-corrected chi connectivity index (χ0v) is 14.0. The van der Waals surface area contributed by atoms with Gasteiger partial charge < -0.3 is 0 Å². The second-order valence-corrected chi connectivity index (χ2v) is 8.79. The summed E-state index contributed by atoms with van der Waals surface area (Å²) in [6.07, 6.45) is 3.53. The Morgan fingerprint density at radius 1 is 1.30 bits per heavy atom. The van der Waals surface area contributed by atoms with Crippen LogP contribution in [0.2, 0.25) is 0 Å². The third-order valence-corrected chi connectivity index (χ3v) is 7.45. The van der Waals surface area contributed by atoms with Crippen molar-refractivity contribution in [1.29, 1.82) is 0 Å². The topological polar surface area (TPSA) is 79.0 Å². The van der Waals surface area contributed by atoms with Gasteiger partial charge in [0, 0.05) is 30.1 Å². The number of H-pyrrole nitrogens is 1. The van der Waals surface area contributed by atoms with E-state index < -0.39 is 10.0 Å². The predicted octanol–water partition coefficient (Wildman–Crippen LogP) is 2.59. The number of rotatable bonds is 3. The zero-order chi connectivity index (χ0) is 15.9. The van der Waals surface area contributed by atoms with Crippen LogP contribution in [0.25, 0.3) is 11.0 Å². The minimum absolute atomic E-state index is 0.117. The van der Waals surface area contributed by atoms with Crippen molar-refractivity contribution in [1.82, 2.24) is 19.5 Å². The van der Waals surface area contributed by atoms with Gasteiger partial charge in [0.15, 0.2) is 5.65 Å². The summed E-state index contributed by atoms with van der Waals surface area (Å²) in [5.41, 5.74) is 1.67. The molecule has 1 N–H and O–H groups in total. The van der Waals surface area contributed by atoms with Gasteiger partial charge in [0.05, 0.1) is 6.20 Å². The van der Waals surface area contributed by atoms with Gasteiger partial charge >= 0.3 is 0 Å². The molecule has 0 saturated carbocycles. The third kappa shape index (κ3) is 2.66. The minimum atomic E-state index is -3.39. The molecular weight excluding hydrogens is 332 g/mol. The molecule has 1 aliphatic rings. The molecule has 4 rings (SSSR count). The Balaban J connectivity index is 1.61. The monoisotopic (exact) mass is 348 g/mol. The van der Waals surface area contributed by atoms with E-state index in [2.05, 4.69) is 15.2 Å². The molecule has 3 aromatic rings. The molecule has 120 valence electrons. The molecule has 23 heavy (non-hydrogen) atoms. The number of fused-ring (bicyclic) bond motifs is 1. The van der Waals surface area contributed by atoms with Crippen LogP contribution in [-0.4, -0.2) is 41.0 Å². The molecule has 0 amide bonds. The number of nitrogens with zero attached hydrogens (tertiary/aromatic N) is 3. The van der Waals surface area contributed by atoms with Crippen molar-refractivity contribution in [2.75, 3.05) is 13.1 Å². The minimum Gasteiger partial charge on any atom is -0.261 e. The van der Waals surface area contributed by atoms with E-state index in [1.807, 2.05) is 12.1 Å². The summed E-state index contributed by atoms with van der Waals surface area (Å²) in [5.74, 6) is 0.117. The van der Waals surface area contributed by atoms with Crippen LogP contribution in [-0.2, 0) is 10.0 Å². The van der Waals surface area contributed by atoms with Crippen LogP contribution in [0.4, 0.5) is 0 Å². The van der Waals surface area contributed by atoms with Gasteiger partial charge in [0.25, 0.3) is 10.0 Å². The SMILES string of the molecule is O=S(=O)(c1cccs1)N1CCCC(c2ccc3cn[nH]c3n2)C1. The van der Waals surface area contributed by atoms with E-state index in [-0.39, 0.29) is 5.92 Å². The second-order valence-electron chi connectivity index (χ2n) is 5.68. The fourth-order valence-corrected chi connectivity index (χ4v) is 5.68. The molecule has 1 unspecified atom stereocenters. The lowest BCUT2D eigenvalue weighted by Gasteiger charge is -2.31. The summed E-state index contributed by atoms with van der Waals surface area (Å²) < 4.78 is 27.4. The summed E-state index contributed by atoms with van der Waals surface area (Å²) in [6, 6.07) is 7.39. The average molecular weight is 348 g/mol. The Morgan fingerprint density at radius 2 is 2.22 bits per heavy atom. The van der Waals surface area contributed by atoms with Crippen molar-refractivity contribution < 1.29 is 8.42 Å². The maximum atomic E-state index is 12.7. The number of pyridine rings is 1. The van der Waals surface area contributed by atoms with Crippen LogP contribution in [0.5, 0.6) is 0 Å². The number of sulfonamides is 1. The molecule has 0 bridgehead atoms. The summed E-state index contributed by atoms with van der Waals surface area (Å²) in [5, 5.41) is 9.61. The largest absolute Gasteiger partial charge is 0.261 e. The molecule has 4 heterocycles. The molecule has 0 radical (unpaired) electrons. The first-order valence-corrected chi connectivity index (χ1v) is 9.80. The van der Waals surface area contributed by atoms with E-state index in [0.29, 0.717) is 17.3 Å². The Labute approximate surface area is 138 Å². The molecule has 1 aliphatic heterocycles. The van der Waals surface area contributed by atoms with Crippen LogP contribution >= 0.6 is 11.3 Å². The number of hydrogen-bond acceptors (Lipinski definition) is 5. The molecule has 8 heteroatoms. The second kappa shape index (κ2) is 5.70. The van der Waals surface area contributed by atoms with E-state index in [1.54, 1.807) is 28.0 Å². The van der Waals surface area contributed by atoms with Gasteiger partial charge in [-0.1, -0.05) is 6.07 Å². The smallest absolute Gasteiger partial charge is 0.252 e. The third-order valence-electron chi connectivity index (χ3n) is 4.21. The first-order valence-electron chi connectivity index (χ1n) is 7.48. The summed E-state index contributed by atoms with van der Waals surface area (Å²) in [7, 11) is -3.39. The zero-order valence-electron chi connectivity index (χ0n) is 12.3. The molecule has 3 aromatic heterocycles. The molecular formula is C15H16N4O2S2. The lowest BCUT2D eigenvalue weighted by molar-refractivity contribution is 0.313. The van der Waals surface area contributed by atoms with Crippen LogP contribution < -0.4 is 0 Å². The maximum absolute atomic E-state index is 12.7. The molecule has 0 aliphatic carbocycles. The van der Waals surface area contributed by atoms with Crippen molar-refractivity contribution in [3.63, 3.8) is 0 Å². The van der Waals surface area contributed by atoms with Crippen molar-refractivity contribution in [2.45, 2.75) is 23.0 Å². The van der Waals surface area contributed by atoms with Gasteiger partial charge in [0.1, 0.15) is 4.21 Å². The van der Waals surface area contributed by atoms with Crippen LogP contribution in [0.3, 0.4) is 0 Å². The highest BCUT2D eigenvalue weighted by Gasteiger charge is 2.32. The Bertz CT molecular complexity index is 918. The Morgan fingerprint density at radius 3 is 3.04 bits per heavy atom. The van der Waals surface area contributed by atoms with Crippen molar-refractivity contribution in [3.8, 4) is 0 Å². The maximum Gasteiger partial charge on any atom is 0.252 e. The lowest BCUT2D eigenvalue weighted by Crippen LogP contribution is -2.38. The predicted molar refractivity (Wildman–Crippen MR) is 88.9 cm³/mol. The number of hydrogen-bond donors (Lipinski definition) is 1. The highest BCUT2D eigenvalue weighted by Crippen LogP contribution is 2.31. The Kier molecular flexibility index (Phi) is 3.67. The molecule has 1 saturated heterocycles. The van der Waals surface area contributed by atoms with Gasteiger partial charge in [-0.15, -0.1) is 11.3 Å². The molecule has 0 aromatic carbocycles. The molecule has 0 spiro atoms. The first kappa shape index (κ1) is 14.8. The summed E-state index contributed by atoms with van der Waals surface area (Å²) in [6.45, 7) is 1.05. The van der Waals surface area contributed by atoms with Crippen molar-refractivity contribution >= 4 is 32.4 Å². The van der Waals surface area contributed by atoms with E-state index in [9.17, 15) is 8.42 Å². The van der Waals surface area contributed by atoms with Gasteiger partial charge in [-0.05, 0) is 36.4 Å². The fourth-order valence-electron chi connectivity index (χ4n) is 3.01. The van der Waals surface area contributed by atoms with Crippen LogP contribution in [0, 0.1) is 0 Å². The van der Waals surface area contributed by atoms with Crippen molar-refractivity contribution in [3.05, 3.63) is 41.5 Å². The van der Waals surface area contributed by atoms with Gasteiger partial charge in [0.2, 0.25) is 0 Å². The molecule has 1 fully saturated rings. The normalized spacial score (nSPS) is 20.1. The number of piperidine rings is 1. The number of aromatic amines is 1. The summed E-state index contributed by atoms with van der Waals surface area (Å²) >= 11 is 1.27. The van der Waals surface area contributed by atoms with E-state index >= 15 is 0 Å². The standard InChI is InChI=1S/C15H16N4O2S2/c20-23(21,14-4-2-8-22-14)19-7-1-3-12(10-19)13-6-5-11-9-16-18-15(11)17-13/h2,4-6,8-9,12H,1,3,7,10H2,(H,16,17,18).